The Balaban J connectivity index is 1.77. The first-order chi connectivity index (χ1) is 10.2. The monoisotopic (exact) mass is 284 g/mol. The Morgan fingerprint density at radius 3 is 2.95 bits per heavy atom. The number of hydrogen-bond donors (Lipinski definition) is 1. The number of aryl methyl sites for hydroxylation is 1. The van der Waals surface area contributed by atoms with E-state index in [1.165, 1.54) is 16.8 Å². The summed E-state index contributed by atoms with van der Waals surface area (Å²) in [6.45, 7) is 7.27. The van der Waals surface area contributed by atoms with Crippen molar-refractivity contribution in [3.8, 4) is 0 Å². The second kappa shape index (κ2) is 5.90. The highest BCUT2D eigenvalue weighted by molar-refractivity contribution is 5.51. The maximum atomic E-state index is 6.07. The van der Waals surface area contributed by atoms with Crippen LogP contribution in [0.25, 0.3) is 0 Å². The molecule has 21 heavy (non-hydrogen) atoms. The van der Waals surface area contributed by atoms with Crippen molar-refractivity contribution >= 4 is 5.69 Å². The molecule has 0 saturated heterocycles. The quantitative estimate of drug-likeness (QED) is 0.938. The van der Waals surface area contributed by atoms with Crippen LogP contribution in [0.15, 0.2) is 30.6 Å². The standard InChI is InChI=1S/C17H24N4/c1-3-15(18)11-14-4-5-16(10-13(14)2)21-9-8-20-7-6-19-17(20)12-21/h4-7,10,15H,3,8-9,11-12,18H2,1-2H3. The number of nitrogens with two attached hydrogens (primary N) is 1. The summed E-state index contributed by atoms with van der Waals surface area (Å²) in [5.74, 6) is 1.15. The predicted octanol–water partition coefficient (Wildman–Crippen LogP) is 2.49. The molecule has 112 valence electrons. The molecular weight excluding hydrogens is 260 g/mol. The summed E-state index contributed by atoms with van der Waals surface area (Å²) in [7, 11) is 0. The van der Waals surface area contributed by atoms with Crippen LogP contribution in [0.4, 0.5) is 5.69 Å². The van der Waals surface area contributed by atoms with Gasteiger partial charge in [0.2, 0.25) is 0 Å². The molecule has 4 nitrogen and oxygen atoms in total. The molecule has 1 aliphatic heterocycles. The lowest BCUT2D eigenvalue weighted by Gasteiger charge is -2.30. The van der Waals surface area contributed by atoms with Crippen LogP contribution in [0.1, 0.15) is 30.3 Å². The smallest absolute Gasteiger partial charge is 0.128 e. The van der Waals surface area contributed by atoms with Crippen molar-refractivity contribution in [2.45, 2.75) is 45.8 Å². The van der Waals surface area contributed by atoms with Gasteiger partial charge in [-0.1, -0.05) is 13.0 Å². The van der Waals surface area contributed by atoms with Gasteiger partial charge in [-0.25, -0.2) is 4.98 Å². The molecule has 0 aliphatic carbocycles. The molecule has 0 saturated carbocycles. The van der Waals surface area contributed by atoms with Gasteiger partial charge in [0.15, 0.2) is 0 Å². The molecule has 0 amide bonds. The predicted molar refractivity (Wildman–Crippen MR) is 86.4 cm³/mol. The van der Waals surface area contributed by atoms with Crippen LogP contribution in [-0.4, -0.2) is 22.1 Å². The summed E-state index contributed by atoms with van der Waals surface area (Å²) in [6.07, 6.45) is 5.94. The van der Waals surface area contributed by atoms with Gasteiger partial charge in [-0.15, -0.1) is 0 Å². The number of hydrogen-bond acceptors (Lipinski definition) is 3. The van der Waals surface area contributed by atoms with Crippen LogP contribution in [0.3, 0.4) is 0 Å². The van der Waals surface area contributed by atoms with Gasteiger partial charge in [0.25, 0.3) is 0 Å². The van der Waals surface area contributed by atoms with E-state index in [4.69, 9.17) is 5.73 Å². The average molecular weight is 284 g/mol. The summed E-state index contributed by atoms with van der Waals surface area (Å²) in [4.78, 5) is 6.83. The number of imidazole rings is 1. The third kappa shape index (κ3) is 2.95. The van der Waals surface area contributed by atoms with Crippen molar-refractivity contribution in [3.05, 3.63) is 47.5 Å². The van der Waals surface area contributed by atoms with Crippen LogP contribution in [-0.2, 0) is 19.5 Å². The first-order valence-corrected chi connectivity index (χ1v) is 7.77. The van der Waals surface area contributed by atoms with Gasteiger partial charge in [0.05, 0.1) is 6.54 Å². The molecule has 1 aromatic heterocycles. The zero-order valence-corrected chi connectivity index (χ0v) is 12.9. The van der Waals surface area contributed by atoms with E-state index < -0.39 is 0 Å². The van der Waals surface area contributed by atoms with Crippen LogP contribution in [0.5, 0.6) is 0 Å². The molecule has 1 atom stereocenters. The normalized spacial score (nSPS) is 15.9. The lowest BCUT2D eigenvalue weighted by atomic mass is 9.99. The lowest BCUT2D eigenvalue weighted by Crippen LogP contribution is -2.33. The van der Waals surface area contributed by atoms with E-state index in [0.717, 1.165) is 38.3 Å². The second-order valence-electron chi connectivity index (χ2n) is 5.94. The number of aromatic nitrogens is 2. The molecular formula is C17H24N4. The van der Waals surface area contributed by atoms with Gasteiger partial charge in [-0.3, -0.25) is 0 Å². The molecule has 0 bridgehead atoms. The molecule has 3 rings (SSSR count). The fourth-order valence-electron chi connectivity index (χ4n) is 2.93. The summed E-state index contributed by atoms with van der Waals surface area (Å²) >= 11 is 0. The second-order valence-corrected chi connectivity index (χ2v) is 5.94. The molecule has 1 aromatic carbocycles. The van der Waals surface area contributed by atoms with Crippen molar-refractivity contribution in [1.82, 2.24) is 9.55 Å². The first kappa shape index (κ1) is 14.1. The van der Waals surface area contributed by atoms with Crippen LogP contribution in [0, 0.1) is 6.92 Å². The molecule has 0 spiro atoms. The van der Waals surface area contributed by atoms with E-state index in [2.05, 4.69) is 52.7 Å². The van der Waals surface area contributed by atoms with E-state index in [0.29, 0.717) is 0 Å². The van der Waals surface area contributed by atoms with E-state index >= 15 is 0 Å². The maximum Gasteiger partial charge on any atom is 0.128 e. The van der Waals surface area contributed by atoms with Crippen molar-refractivity contribution in [2.75, 3.05) is 11.4 Å². The van der Waals surface area contributed by atoms with Gasteiger partial charge < -0.3 is 15.2 Å². The summed E-state index contributed by atoms with van der Waals surface area (Å²) in [5, 5.41) is 0. The zero-order chi connectivity index (χ0) is 14.8. The third-order valence-corrected chi connectivity index (χ3v) is 4.44. The van der Waals surface area contributed by atoms with E-state index in [9.17, 15) is 0 Å². The van der Waals surface area contributed by atoms with Gasteiger partial charge in [-0.2, -0.15) is 0 Å². The highest BCUT2D eigenvalue weighted by atomic mass is 15.2. The minimum Gasteiger partial charge on any atom is -0.362 e. The van der Waals surface area contributed by atoms with E-state index in [-0.39, 0.29) is 6.04 Å². The van der Waals surface area contributed by atoms with Crippen LogP contribution in [0.2, 0.25) is 0 Å². The maximum absolute atomic E-state index is 6.07. The Kier molecular flexibility index (Phi) is 3.97. The number of anilines is 1. The van der Waals surface area contributed by atoms with Gasteiger partial charge in [-0.05, 0) is 43.0 Å². The third-order valence-electron chi connectivity index (χ3n) is 4.44. The molecule has 2 aromatic rings. The van der Waals surface area contributed by atoms with Gasteiger partial charge >= 0.3 is 0 Å². The minimum absolute atomic E-state index is 0.261. The Labute approximate surface area is 126 Å². The molecule has 2 heterocycles. The average Bonchev–Trinajstić information content (AvgIpc) is 2.96. The molecule has 0 fully saturated rings. The SMILES string of the molecule is CCC(N)Cc1ccc(N2CCn3ccnc3C2)cc1C. The fourth-order valence-corrected chi connectivity index (χ4v) is 2.93. The fraction of sp³-hybridized carbons (Fsp3) is 0.471. The summed E-state index contributed by atoms with van der Waals surface area (Å²) in [5.41, 5.74) is 10.1. The van der Waals surface area contributed by atoms with Crippen LogP contribution < -0.4 is 10.6 Å². The number of benzene rings is 1. The van der Waals surface area contributed by atoms with Crippen molar-refractivity contribution in [3.63, 3.8) is 0 Å². The largest absolute Gasteiger partial charge is 0.362 e. The number of rotatable bonds is 4. The molecule has 1 unspecified atom stereocenters. The highest BCUT2D eigenvalue weighted by Crippen LogP contribution is 2.23. The molecule has 2 N–H and O–H groups in total. The Morgan fingerprint density at radius 1 is 1.33 bits per heavy atom. The minimum atomic E-state index is 0.261. The lowest BCUT2D eigenvalue weighted by molar-refractivity contribution is 0.560. The Morgan fingerprint density at radius 2 is 2.19 bits per heavy atom. The number of nitrogens with zero attached hydrogens (tertiary/aromatic N) is 3. The van der Waals surface area contributed by atoms with Crippen molar-refractivity contribution in [2.24, 2.45) is 5.73 Å². The highest BCUT2D eigenvalue weighted by Gasteiger charge is 2.17. The number of fused-ring (bicyclic) bond motifs is 1. The van der Waals surface area contributed by atoms with Crippen molar-refractivity contribution < 1.29 is 0 Å². The zero-order valence-electron chi connectivity index (χ0n) is 12.9. The van der Waals surface area contributed by atoms with Crippen molar-refractivity contribution in [1.29, 1.82) is 0 Å². The van der Waals surface area contributed by atoms with Crippen LogP contribution >= 0.6 is 0 Å². The summed E-state index contributed by atoms with van der Waals surface area (Å²) < 4.78 is 2.23. The molecule has 1 aliphatic rings. The van der Waals surface area contributed by atoms with Gasteiger partial charge in [0, 0.05) is 37.2 Å². The topological polar surface area (TPSA) is 47.1 Å². The van der Waals surface area contributed by atoms with Gasteiger partial charge in [0.1, 0.15) is 5.82 Å². The molecule has 4 heteroatoms. The first-order valence-electron chi connectivity index (χ1n) is 7.77. The Bertz CT molecular complexity index is 617. The van der Waals surface area contributed by atoms with E-state index in [1.807, 2.05) is 6.20 Å². The summed E-state index contributed by atoms with van der Waals surface area (Å²) in [6, 6.07) is 7.01. The molecule has 0 radical (unpaired) electrons. The Hall–Kier alpha value is -1.81. The van der Waals surface area contributed by atoms with E-state index in [1.54, 1.807) is 0 Å².